The van der Waals surface area contributed by atoms with Crippen LogP contribution in [-0.4, -0.2) is 23.6 Å². The molecule has 1 aromatic carbocycles. The standard InChI is InChI=1S/C15H15N5/c1-11-17-14(19(2)10-16)9-15(18-11)20-8-7-12-5-3-4-6-13(12)20/h3-6,9H,7-8H2,1-2H3. The van der Waals surface area contributed by atoms with Crippen molar-refractivity contribution in [1.29, 1.82) is 5.26 Å². The molecule has 1 aliphatic heterocycles. The van der Waals surface area contributed by atoms with Crippen molar-refractivity contribution in [2.45, 2.75) is 13.3 Å². The van der Waals surface area contributed by atoms with Crippen molar-refractivity contribution in [3.05, 3.63) is 41.7 Å². The molecule has 3 rings (SSSR count). The summed E-state index contributed by atoms with van der Waals surface area (Å²) >= 11 is 0. The molecule has 20 heavy (non-hydrogen) atoms. The van der Waals surface area contributed by atoms with Gasteiger partial charge in [0.2, 0.25) is 0 Å². The van der Waals surface area contributed by atoms with Crippen LogP contribution in [0.5, 0.6) is 0 Å². The summed E-state index contributed by atoms with van der Waals surface area (Å²) in [7, 11) is 1.70. The summed E-state index contributed by atoms with van der Waals surface area (Å²) in [5.74, 6) is 2.14. The zero-order valence-corrected chi connectivity index (χ0v) is 11.5. The highest BCUT2D eigenvalue weighted by atomic mass is 15.2. The molecule has 2 heterocycles. The van der Waals surface area contributed by atoms with E-state index in [9.17, 15) is 0 Å². The van der Waals surface area contributed by atoms with Crippen molar-refractivity contribution >= 4 is 17.3 Å². The van der Waals surface area contributed by atoms with E-state index in [4.69, 9.17) is 5.26 Å². The molecule has 2 aromatic rings. The van der Waals surface area contributed by atoms with Crippen molar-refractivity contribution in [3.8, 4) is 6.19 Å². The number of para-hydroxylation sites is 1. The van der Waals surface area contributed by atoms with Gasteiger partial charge in [0.1, 0.15) is 17.5 Å². The van der Waals surface area contributed by atoms with Crippen LogP contribution in [0.3, 0.4) is 0 Å². The van der Waals surface area contributed by atoms with Gasteiger partial charge >= 0.3 is 0 Å². The minimum Gasteiger partial charge on any atom is -0.326 e. The highest BCUT2D eigenvalue weighted by Crippen LogP contribution is 2.34. The van der Waals surface area contributed by atoms with Gasteiger partial charge in [-0.3, -0.25) is 4.90 Å². The Morgan fingerprint density at radius 1 is 1.30 bits per heavy atom. The number of nitrogens with zero attached hydrogens (tertiary/aromatic N) is 5. The van der Waals surface area contributed by atoms with Gasteiger partial charge in [-0.05, 0) is 25.0 Å². The Bertz CT molecular complexity index is 689. The van der Waals surface area contributed by atoms with Crippen molar-refractivity contribution in [1.82, 2.24) is 9.97 Å². The summed E-state index contributed by atoms with van der Waals surface area (Å²) in [5, 5.41) is 9.00. The second kappa shape index (κ2) is 4.82. The van der Waals surface area contributed by atoms with Gasteiger partial charge in [0, 0.05) is 25.3 Å². The molecule has 5 heteroatoms. The zero-order valence-electron chi connectivity index (χ0n) is 11.5. The first-order chi connectivity index (χ1) is 9.69. The predicted molar refractivity (Wildman–Crippen MR) is 77.9 cm³/mol. The first-order valence-corrected chi connectivity index (χ1v) is 6.53. The third-order valence-corrected chi connectivity index (χ3v) is 3.47. The summed E-state index contributed by atoms with van der Waals surface area (Å²) < 4.78 is 0. The van der Waals surface area contributed by atoms with Gasteiger partial charge in [-0.15, -0.1) is 0 Å². The average molecular weight is 265 g/mol. The van der Waals surface area contributed by atoms with Gasteiger partial charge in [-0.1, -0.05) is 18.2 Å². The molecule has 0 radical (unpaired) electrons. The largest absolute Gasteiger partial charge is 0.326 e. The molecule has 5 nitrogen and oxygen atoms in total. The predicted octanol–water partition coefficient (Wildman–Crippen LogP) is 2.40. The van der Waals surface area contributed by atoms with Crippen LogP contribution in [0.15, 0.2) is 30.3 Å². The molecule has 0 saturated carbocycles. The summed E-state index contributed by atoms with van der Waals surface area (Å²) in [6.45, 7) is 2.76. The Balaban J connectivity index is 2.04. The number of nitriles is 1. The molecule has 0 spiro atoms. The fourth-order valence-electron chi connectivity index (χ4n) is 2.47. The molecule has 0 aliphatic carbocycles. The summed E-state index contributed by atoms with van der Waals surface area (Å²) in [6.07, 6.45) is 3.09. The lowest BCUT2D eigenvalue weighted by molar-refractivity contribution is 0.937. The summed E-state index contributed by atoms with van der Waals surface area (Å²) in [5.41, 5.74) is 2.52. The number of aromatic nitrogens is 2. The third-order valence-electron chi connectivity index (χ3n) is 3.47. The lowest BCUT2D eigenvalue weighted by Crippen LogP contribution is -2.18. The molecule has 1 aliphatic rings. The second-order valence-corrected chi connectivity index (χ2v) is 4.82. The van der Waals surface area contributed by atoms with E-state index in [0.29, 0.717) is 11.6 Å². The second-order valence-electron chi connectivity index (χ2n) is 4.82. The number of anilines is 3. The van der Waals surface area contributed by atoms with Crippen LogP contribution in [0.1, 0.15) is 11.4 Å². The molecule has 0 N–H and O–H groups in total. The Hall–Kier alpha value is -2.61. The quantitative estimate of drug-likeness (QED) is 0.616. The highest BCUT2D eigenvalue weighted by Gasteiger charge is 2.21. The maximum atomic E-state index is 9.00. The maximum absolute atomic E-state index is 9.00. The van der Waals surface area contributed by atoms with E-state index in [2.05, 4.69) is 39.3 Å². The van der Waals surface area contributed by atoms with Crippen molar-refractivity contribution in [2.24, 2.45) is 0 Å². The van der Waals surface area contributed by atoms with E-state index in [-0.39, 0.29) is 0 Å². The van der Waals surface area contributed by atoms with Crippen molar-refractivity contribution in [3.63, 3.8) is 0 Å². The van der Waals surface area contributed by atoms with Gasteiger partial charge in [0.15, 0.2) is 6.19 Å². The van der Waals surface area contributed by atoms with Crippen molar-refractivity contribution in [2.75, 3.05) is 23.4 Å². The van der Waals surface area contributed by atoms with Crippen molar-refractivity contribution < 1.29 is 0 Å². The van der Waals surface area contributed by atoms with E-state index in [1.54, 1.807) is 7.05 Å². The lowest BCUT2D eigenvalue weighted by atomic mass is 10.2. The zero-order chi connectivity index (χ0) is 14.1. The van der Waals surface area contributed by atoms with Crippen LogP contribution < -0.4 is 9.80 Å². The molecule has 100 valence electrons. The van der Waals surface area contributed by atoms with Gasteiger partial charge < -0.3 is 4.90 Å². The fourth-order valence-corrected chi connectivity index (χ4v) is 2.47. The minimum atomic E-state index is 0.624. The molecule has 0 unspecified atom stereocenters. The monoisotopic (exact) mass is 265 g/mol. The smallest absolute Gasteiger partial charge is 0.185 e. The van der Waals surface area contributed by atoms with Crippen LogP contribution in [0.25, 0.3) is 0 Å². The fraction of sp³-hybridized carbons (Fsp3) is 0.267. The molecular weight excluding hydrogens is 250 g/mol. The molecule has 0 fully saturated rings. The number of hydrogen-bond acceptors (Lipinski definition) is 5. The number of hydrogen-bond donors (Lipinski definition) is 0. The molecule has 0 amide bonds. The Morgan fingerprint density at radius 3 is 2.90 bits per heavy atom. The van der Waals surface area contributed by atoms with E-state index in [0.717, 1.165) is 18.8 Å². The van der Waals surface area contributed by atoms with Gasteiger partial charge in [0.25, 0.3) is 0 Å². The van der Waals surface area contributed by atoms with E-state index in [1.807, 2.05) is 19.1 Å². The summed E-state index contributed by atoms with van der Waals surface area (Å²) in [6, 6.07) is 10.2. The Morgan fingerprint density at radius 2 is 2.10 bits per heavy atom. The number of rotatable bonds is 2. The first-order valence-electron chi connectivity index (χ1n) is 6.53. The van der Waals surface area contributed by atoms with Crippen LogP contribution in [0, 0.1) is 18.4 Å². The van der Waals surface area contributed by atoms with Gasteiger partial charge in [0.05, 0.1) is 0 Å². The number of aryl methyl sites for hydroxylation is 1. The minimum absolute atomic E-state index is 0.624. The maximum Gasteiger partial charge on any atom is 0.185 e. The highest BCUT2D eigenvalue weighted by molar-refractivity contribution is 5.69. The third kappa shape index (κ3) is 2.05. The SMILES string of the molecule is Cc1nc(N(C)C#N)cc(N2CCc3ccccc32)n1. The summed E-state index contributed by atoms with van der Waals surface area (Å²) in [4.78, 5) is 12.4. The first kappa shape index (κ1) is 12.4. The average Bonchev–Trinajstić information content (AvgIpc) is 2.89. The number of benzene rings is 1. The molecule has 1 aromatic heterocycles. The van der Waals surface area contributed by atoms with Gasteiger partial charge in [-0.2, -0.15) is 5.26 Å². The number of fused-ring (bicyclic) bond motifs is 1. The topological polar surface area (TPSA) is 56.1 Å². The van der Waals surface area contributed by atoms with Gasteiger partial charge in [-0.25, -0.2) is 9.97 Å². The Kier molecular flexibility index (Phi) is 2.99. The van der Waals surface area contributed by atoms with Crippen LogP contribution in [0.2, 0.25) is 0 Å². The molecule has 0 bridgehead atoms. The van der Waals surface area contributed by atoms with E-state index < -0.39 is 0 Å². The normalized spacial score (nSPS) is 12.9. The lowest BCUT2D eigenvalue weighted by Gasteiger charge is -2.20. The molecular formula is C15H15N5. The van der Waals surface area contributed by atoms with Crippen LogP contribution in [0.4, 0.5) is 17.3 Å². The Labute approximate surface area is 118 Å². The van der Waals surface area contributed by atoms with Crippen LogP contribution in [-0.2, 0) is 6.42 Å². The van der Waals surface area contributed by atoms with E-state index in [1.165, 1.54) is 16.2 Å². The van der Waals surface area contributed by atoms with E-state index >= 15 is 0 Å². The van der Waals surface area contributed by atoms with Crippen LogP contribution >= 0.6 is 0 Å². The molecule has 0 saturated heterocycles. The molecule has 0 atom stereocenters.